The number of esters is 1. The number of carbonyl (C=O) groups is 1. The van der Waals surface area contributed by atoms with Crippen LogP contribution in [0.3, 0.4) is 0 Å². The first-order valence-electron chi connectivity index (χ1n) is 6.45. The number of aliphatic hydroxyl groups is 2. The first-order chi connectivity index (χ1) is 9.08. The summed E-state index contributed by atoms with van der Waals surface area (Å²) in [5.74, 6) is -0.647. The number of rotatable bonds is 3. The number of fused-ring (bicyclic) bond motifs is 2. The fourth-order valence-electron chi connectivity index (χ4n) is 2.75. The summed E-state index contributed by atoms with van der Waals surface area (Å²) in [6, 6.07) is 9.91. The Morgan fingerprint density at radius 1 is 1.26 bits per heavy atom. The molecule has 2 N–H and O–H groups in total. The Kier molecular flexibility index (Phi) is 2.92. The third kappa shape index (κ3) is 2.17. The minimum absolute atomic E-state index is 0.155. The van der Waals surface area contributed by atoms with E-state index in [4.69, 9.17) is 4.74 Å². The summed E-state index contributed by atoms with van der Waals surface area (Å²) in [4.78, 5) is 11.5. The molecule has 4 nitrogen and oxygen atoms in total. The number of carbonyl (C=O) groups excluding carboxylic acids is 1. The third-order valence-corrected chi connectivity index (χ3v) is 3.83. The first kappa shape index (κ1) is 12.4. The van der Waals surface area contributed by atoms with Gasteiger partial charge in [0, 0.05) is 6.42 Å². The van der Waals surface area contributed by atoms with E-state index in [0.717, 1.165) is 12.0 Å². The van der Waals surface area contributed by atoms with Gasteiger partial charge in [0.05, 0.1) is 0 Å². The van der Waals surface area contributed by atoms with Crippen LogP contribution in [0.1, 0.15) is 18.4 Å². The quantitative estimate of drug-likeness (QED) is 0.627. The second kappa shape index (κ2) is 4.47. The molecule has 1 saturated heterocycles. The topological polar surface area (TPSA) is 66.8 Å². The van der Waals surface area contributed by atoms with Crippen molar-refractivity contribution < 1.29 is 19.7 Å². The number of aryl methyl sites for hydroxylation is 1. The highest BCUT2D eigenvalue weighted by atomic mass is 16.6. The molecule has 1 fully saturated rings. The molecule has 4 heteroatoms. The molecule has 0 radical (unpaired) electrons. The largest absolute Gasteiger partial charge is 0.457 e. The molecule has 0 spiro atoms. The molecule has 19 heavy (non-hydrogen) atoms. The lowest BCUT2D eigenvalue weighted by atomic mass is 9.83. The van der Waals surface area contributed by atoms with E-state index in [1.165, 1.54) is 6.08 Å². The highest BCUT2D eigenvalue weighted by Crippen LogP contribution is 2.38. The van der Waals surface area contributed by atoms with Crippen LogP contribution in [-0.4, -0.2) is 34.0 Å². The van der Waals surface area contributed by atoms with E-state index in [-0.39, 0.29) is 6.42 Å². The van der Waals surface area contributed by atoms with Crippen molar-refractivity contribution in [1.29, 1.82) is 0 Å². The average molecular weight is 260 g/mol. The zero-order valence-electron chi connectivity index (χ0n) is 10.5. The van der Waals surface area contributed by atoms with Gasteiger partial charge < -0.3 is 14.9 Å². The molecule has 100 valence electrons. The van der Waals surface area contributed by atoms with Gasteiger partial charge in [0.1, 0.15) is 12.2 Å². The van der Waals surface area contributed by atoms with Gasteiger partial charge in [-0.05, 0) is 30.1 Å². The molecule has 0 saturated carbocycles. The van der Waals surface area contributed by atoms with Gasteiger partial charge in [0.15, 0.2) is 5.60 Å². The Morgan fingerprint density at radius 3 is 2.74 bits per heavy atom. The van der Waals surface area contributed by atoms with Gasteiger partial charge in [0.25, 0.3) is 0 Å². The lowest BCUT2D eigenvalue weighted by molar-refractivity contribution is -0.152. The van der Waals surface area contributed by atoms with Gasteiger partial charge in [-0.2, -0.15) is 0 Å². The second-order valence-electron chi connectivity index (χ2n) is 5.22. The van der Waals surface area contributed by atoms with E-state index in [9.17, 15) is 15.0 Å². The van der Waals surface area contributed by atoms with Gasteiger partial charge in [-0.3, -0.25) is 0 Å². The molecule has 1 aromatic rings. The van der Waals surface area contributed by atoms with E-state index in [2.05, 4.69) is 0 Å². The summed E-state index contributed by atoms with van der Waals surface area (Å²) >= 11 is 0. The Morgan fingerprint density at radius 2 is 2.00 bits per heavy atom. The fourth-order valence-corrected chi connectivity index (χ4v) is 2.75. The Bertz CT molecular complexity index is 522. The van der Waals surface area contributed by atoms with Gasteiger partial charge in [-0.25, -0.2) is 4.79 Å². The van der Waals surface area contributed by atoms with Crippen molar-refractivity contribution in [2.45, 2.75) is 37.1 Å². The van der Waals surface area contributed by atoms with E-state index < -0.39 is 23.8 Å². The third-order valence-electron chi connectivity index (χ3n) is 3.83. The van der Waals surface area contributed by atoms with Crippen LogP contribution in [0.5, 0.6) is 0 Å². The smallest absolute Gasteiger partial charge is 0.342 e. The van der Waals surface area contributed by atoms with Crippen LogP contribution in [0, 0.1) is 0 Å². The van der Waals surface area contributed by atoms with E-state index >= 15 is 0 Å². The summed E-state index contributed by atoms with van der Waals surface area (Å²) in [7, 11) is 0. The second-order valence-corrected chi connectivity index (χ2v) is 5.22. The van der Waals surface area contributed by atoms with Crippen molar-refractivity contribution in [3.05, 3.63) is 47.5 Å². The molecule has 3 atom stereocenters. The van der Waals surface area contributed by atoms with Gasteiger partial charge in [-0.1, -0.05) is 30.3 Å². The average Bonchev–Trinajstić information content (AvgIpc) is 2.67. The van der Waals surface area contributed by atoms with Crippen LogP contribution in [0.25, 0.3) is 0 Å². The lowest BCUT2D eigenvalue weighted by Crippen LogP contribution is -2.38. The monoisotopic (exact) mass is 260 g/mol. The molecule has 3 rings (SSSR count). The van der Waals surface area contributed by atoms with Crippen molar-refractivity contribution in [3.8, 4) is 0 Å². The predicted octanol–water partition coefficient (Wildman–Crippen LogP) is 0.967. The first-order valence-corrected chi connectivity index (χ1v) is 6.45. The summed E-state index contributed by atoms with van der Waals surface area (Å²) in [5.41, 5.74) is 0.317. The molecule has 1 heterocycles. The van der Waals surface area contributed by atoms with Crippen molar-refractivity contribution in [2.75, 3.05) is 0 Å². The summed E-state index contributed by atoms with van der Waals surface area (Å²) < 4.78 is 4.99. The van der Waals surface area contributed by atoms with Crippen molar-refractivity contribution in [1.82, 2.24) is 0 Å². The van der Waals surface area contributed by atoms with Crippen molar-refractivity contribution in [2.24, 2.45) is 0 Å². The Labute approximate surface area is 111 Å². The van der Waals surface area contributed by atoms with Crippen LogP contribution < -0.4 is 0 Å². The van der Waals surface area contributed by atoms with Crippen LogP contribution in [-0.2, 0) is 16.0 Å². The van der Waals surface area contributed by atoms with Gasteiger partial charge in [-0.15, -0.1) is 0 Å². The summed E-state index contributed by atoms with van der Waals surface area (Å²) in [6.07, 6.45) is 1.61. The molecule has 2 bridgehead atoms. The predicted molar refractivity (Wildman–Crippen MR) is 68.3 cm³/mol. The highest BCUT2D eigenvalue weighted by Gasteiger charge is 2.52. The molecule has 0 aromatic heterocycles. The zero-order chi connectivity index (χ0) is 13.5. The minimum atomic E-state index is -1.53. The van der Waals surface area contributed by atoms with Crippen molar-refractivity contribution >= 4 is 5.97 Å². The Hall–Kier alpha value is -1.65. The van der Waals surface area contributed by atoms with Crippen molar-refractivity contribution in [3.63, 3.8) is 0 Å². The maximum absolute atomic E-state index is 11.5. The summed E-state index contributed by atoms with van der Waals surface area (Å²) in [6.45, 7) is 0. The van der Waals surface area contributed by atoms with E-state index in [1.54, 1.807) is 0 Å². The molecule has 2 aliphatic rings. The standard InChI is InChI=1S/C15H16O4/c16-13-11(7-6-10-4-2-1-3-5-10)8-15(18)9-12(13)19-14(15)17/h1-5,8,12-13,16,18H,6-7,9H2/t12-,13-,15+/m1/s1. The minimum Gasteiger partial charge on any atom is -0.457 e. The molecule has 1 aromatic carbocycles. The molecule has 1 aliphatic heterocycles. The Balaban J connectivity index is 1.76. The lowest BCUT2D eigenvalue weighted by Gasteiger charge is -2.26. The maximum atomic E-state index is 11.5. The number of ether oxygens (including phenoxy) is 1. The fraction of sp³-hybridized carbons (Fsp3) is 0.400. The normalized spacial score (nSPS) is 32.9. The number of benzene rings is 1. The van der Waals surface area contributed by atoms with Crippen LogP contribution >= 0.6 is 0 Å². The zero-order valence-corrected chi connectivity index (χ0v) is 10.5. The van der Waals surface area contributed by atoms with Gasteiger partial charge in [0.2, 0.25) is 0 Å². The summed E-state index contributed by atoms with van der Waals surface area (Å²) in [5, 5.41) is 20.2. The van der Waals surface area contributed by atoms with Crippen LogP contribution in [0.2, 0.25) is 0 Å². The number of aliphatic hydroxyl groups excluding tert-OH is 1. The SMILES string of the molecule is O=C1O[C@@H]2C[C@@]1(O)C=C(CCc1ccccc1)[C@H]2O. The van der Waals surface area contributed by atoms with Crippen LogP contribution in [0.15, 0.2) is 42.0 Å². The molecular weight excluding hydrogens is 244 g/mol. The molecule has 0 amide bonds. The maximum Gasteiger partial charge on any atom is 0.342 e. The van der Waals surface area contributed by atoms with E-state index in [1.807, 2.05) is 30.3 Å². The highest BCUT2D eigenvalue weighted by molar-refractivity contribution is 5.85. The number of hydrogen-bond acceptors (Lipinski definition) is 4. The van der Waals surface area contributed by atoms with E-state index in [0.29, 0.717) is 12.0 Å². The number of hydrogen-bond donors (Lipinski definition) is 2. The van der Waals surface area contributed by atoms with Crippen LogP contribution in [0.4, 0.5) is 0 Å². The molecular formula is C15H16O4. The molecule has 1 aliphatic carbocycles. The van der Waals surface area contributed by atoms with Gasteiger partial charge >= 0.3 is 5.97 Å². The molecule has 0 unspecified atom stereocenters.